The molecule has 0 aromatic rings. The Kier molecular flexibility index (Phi) is 4.29. The van der Waals surface area contributed by atoms with Crippen LogP contribution in [0.5, 0.6) is 0 Å². The lowest BCUT2D eigenvalue weighted by Gasteiger charge is -2.71. The number of ether oxygens (including phenoxy) is 2. The Morgan fingerprint density at radius 3 is 2.12 bits per heavy atom. The summed E-state index contributed by atoms with van der Waals surface area (Å²) in [5.74, 6) is 1.39. The number of carbonyl (C=O) groups is 1. The van der Waals surface area contributed by atoms with Crippen molar-refractivity contribution in [2.75, 3.05) is 0 Å². The van der Waals surface area contributed by atoms with Crippen LogP contribution in [0.25, 0.3) is 0 Å². The van der Waals surface area contributed by atoms with Crippen LogP contribution in [0.3, 0.4) is 0 Å². The normalized spacial score (nSPS) is 58.4. The molecular formula is C29H46O4. The molecule has 0 aromatic carbocycles. The van der Waals surface area contributed by atoms with E-state index in [0.29, 0.717) is 24.2 Å². The molecule has 186 valence electrons. The summed E-state index contributed by atoms with van der Waals surface area (Å²) < 4.78 is 12.7. The van der Waals surface area contributed by atoms with Gasteiger partial charge in [-0.05, 0) is 105 Å². The fourth-order valence-corrected chi connectivity index (χ4v) is 11.2. The third kappa shape index (κ3) is 2.49. The Morgan fingerprint density at radius 1 is 0.758 bits per heavy atom. The van der Waals surface area contributed by atoms with Gasteiger partial charge in [-0.2, -0.15) is 0 Å². The van der Waals surface area contributed by atoms with E-state index in [1.165, 1.54) is 12.8 Å². The lowest BCUT2D eigenvalue weighted by atomic mass is 9.33. The molecule has 6 fully saturated rings. The van der Waals surface area contributed by atoms with Gasteiger partial charge in [-0.1, -0.05) is 34.6 Å². The molecule has 4 heteroatoms. The number of cyclic esters (lactones) is 1. The van der Waals surface area contributed by atoms with Gasteiger partial charge in [-0.15, -0.1) is 0 Å². The standard InChI is InChI=1S/C29H46O4/c1-23(2)14-16-28(31)17-15-27(7)20(29(28)22(23)33-29)9-8-19-25(5)12-11-21(30)32-24(3,4)18(25)10-13-26(19,27)6/h18-20,22,31H,8-17H2,1-7H3/t18-,19+,20-,22?,25-,26+,27+,28-,29?/m0/s1. The van der Waals surface area contributed by atoms with E-state index in [-0.39, 0.29) is 39.3 Å². The van der Waals surface area contributed by atoms with Crippen LogP contribution in [0.2, 0.25) is 0 Å². The molecule has 1 spiro atoms. The second-order valence-corrected chi connectivity index (χ2v) is 15.0. The summed E-state index contributed by atoms with van der Waals surface area (Å²) in [6.07, 6.45) is 10.2. The van der Waals surface area contributed by atoms with Crippen molar-refractivity contribution in [3.05, 3.63) is 0 Å². The van der Waals surface area contributed by atoms with Crippen molar-refractivity contribution in [2.24, 2.45) is 39.4 Å². The lowest BCUT2D eigenvalue weighted by molar-refractivity contribution is -0.251. The molecule has 0 aromatic heterocycles. The van der Waals surface area contributed by atoms with Crippen LogP contribution < -0.4 is 0 Å². The van der Waals surface area contributed by atoms with Crippen molar-refractivity contribution in [2.45, 2.75) is 136 Å². The first kappa shape index (κ1) is 22.8. The molecular weight excluding hydrogens is 412 g/mol. The Labute approximate surface area is 200 Å². The molecule has 6 rings (SSSR count). The Balaban J connectivity index is 1.42. The highest BCUT2D eigenvalue weighted by atomic mass is 16.6. The maximum Gasteiger partial charge on any atom is 0.306 e. The average molecular weight is 459 g/mol. The molecule has 0 amide bonds. The number of rotatable bonds is 0. The maximum atomic E-state index is 12.6. The van der Waals surface area contributed by atoms with E-state index in [1.807, 2.05) is 0 Å². The summed E-state index contributed by atoms with van der Waals surface area (Å²) in [6, 6.07) is 0. The number of epoxide rings is 1. The van der Waals surface area contributed by atoms with Crippen LogP contribution in [0.15, 0.2) is 0 Å². The van der Waals surface area contributed by atoms with E-state index in [9.17, 15) is 9.90 Å². The first-order valence-electron chi connectivity index (χ1n) is 13.8. The summed E-state index contributed by atoms with van der Waals surface area (Å²) in [4.78, 5) is 12.6. The van der Waals surface area contributed by atoms with Gasteiger partial charge in [0.2, 0.25) is 0 Å². The van der Waals surface area contributed by atoms with Crippen molar-refractivity contribution in [3.63, 3.8) is 0 Å². The van der Waals surface area contributed by atoms with Crippen molar-refractivity contribution in [1.29, 1.82) is 0 Å². The number of fused-ring (bicyclic) bond motifs is 5. The van der Waals surface area contributed by atoms with Gasteiger partial charge >= 0.3 is 5.97 Å². The van der Waals surface area contributed by atoms with Crippen LogP contribution in [-0.2, 0) is 14.3 Å². The lowest BCUT2D eigenvalue weighted by Crippen LogP contribution is -2.70. The predicted molar refractivity (Wildman–Crippen MR) is 127 cm³/mol. The molecule has 2 saturated heterocycles. The Hall–Kier alpha value is -0.610. The zero-order chi connectivity index (χ0) is 23.9. The van der Waals surface area contributed by atoms with Crippen LogP contribution >= 0.6 is 0 Å². The predicted octanol–water partition coefficient (Wildman–Crippen LogP) is 6.04. The number of esters is 1. The van der Waals surface area contributed by atoms with E-state index in [2.05, 4.69) is 48.5 Å². The van der Waals surface area contributed by atoms with Gasteiger partial charge in [0, 0.05) is 12.3 Å². The van der Waals surface area contributed by atoms with Gasteiger partial charge < -0.3 is 14.6 Å². The van der Waals surface area contributed by atoms with Crippen LogP contribution in [0.4, 0.5) is 0 Å². The first-order chi connectivity index (χ1) is 15.2. The van der Waals surface area contributed by atoms with Gasteiger partial charge in [0.05, 0.1) is 11.7 Å². The van der Waals surface area contributed by atoms with Gasteiger partial charge in [-0.25, -0.2) is 0 Å². The fraction of sp³-hybridized carbons (Fsp3) is 0.966. The molecule has 2 unspecified atom stereocenters. The van der Waals surface area contributed by atoms with E-state index in [0.717, 1.165) is 44.9 Å². The number of hydrogen-bond donors (Lipinski definition) is 1. The highest BCUT2D eigenvalue weighted by molar-refractivity contribution is 5.70. The minimum absolute atomic E-state index is 0.0162. The van der Waals surface area contributed by atoms with E-state index in [1.54, 1.807) is 0 Å². The molecule has 4 aliphatic carbocycles. The molecule has 2 aliphatic heterocycles. The van der Waals surface area contributed by atoms with Crippen molar-refractivity contribution in [1.82, 2.24) is 0 Å². The molecule has 4 nitrogen and oxygen atoms in total. The average Bonchev–Trinajstić information content (AvgIpc) is 3.48. The Bertz CT molecular complexity index is 894. The number of hydrogen-bond acceptors (Lipinski definition) is 4. The third-order valence-electron chi connectivity index (χ3n) is 13.1. The van der Waals surface area contributed by atoms with E-state index >= 15 is 0 Å². The molecule has 4 saturated carbocycles. The molecule has 33 heavy (non-hydrogen) atoms. The second-order valence-electron chi connectivity index (χ2n) is 15.0. The minimum atomic E-state index is -0.647. The quantitative estimate of drug-likeness (QED) is 0.355. The molecule has 0 radical (unpaired) electrons. The summed E-state index contributed by atoms with van der Waals surface area (Å²) in [7, 11) is 0. The zero-order valence-corrected chi connectivity index (χ0v) is 22.1. The van der Waals surface area contributed by atoms with Crippen LogP contribution in [0, 0.1) is 39.4 Å². The van der Waals surface area contributed by atoms with Crippen molar-refractivity contribution in [3.8, 4) is 0 Å². The topological polar surface area (TPSA) is 59.1 Å². The summed E-state index contributed by atoms with van der Waals surface area (Å²) >= 11 is 0. The van der Waals surface area contributed by atoms with E-state index in [4.69, 9.17) is 9.47 Å². The molecule has 2 heterocycles. The summed E-state index contributed by atoms with van der Waals surface area (Å²) in [5, 5.41) is 12.0. The van der Waals surface area contributed by atoms with Gasteiger partial charge in [0.25, 0.3) is 0 Å². The molecule has 9 atom stereocenters. The second kappa shape index (κ2) is 6.20. The smallest absolute Gasteiger partial charge is 0.306 e. The minimum Gasteiger partial charge on any atom is -0.459 e. The molecule has 1 N–H and O–H groups in total. The first-order valence-corrected chi connectivity index (χ1v) is 13.8. The van der Waals surface area contributed by atoms with Crippen molar-refractivity contribution >= 4 is 5.97 Å². The van der Waals surface area contributed by atoms with Crippen LogP contribution in [-0.4, -0.2) is 34.0 Å². The fourth-order valence-electron chi connectivity index (χ4n) is 11.2. The number of carbonyl (C=O) groups excluding carboxylic acids is 1. The van der Waals surface area contributed by atoms with Gasteiger partial charge in [-0.3, -0.25) is 4.79 Å². The molecule has 6 aliphatic rings. The number of aliphatic hydroxyl groups is 1. The van der Waals surface area contributed by atoms with Gasteiger partial charge in [0.15, 0.2) is 0 Å². The maximum absolute atomic E-state index is 12.6. The third-order valence-corrected chi connectivity index (χ3v) is 13.1. The van der Waals surface area contributed by atoms with Crippen molar-refractivity contribution < 1.29 is 19.4 Å². The summed E-state index contributed by atoms with van der Waals surface area (Å²) in [6.45, 7) is 16.6. The highest BCUT2D eigenvalue weighted by Gasteiger charge is 2.83. The largest absolute Gasteiger partial charge is 0.459 e. The van der Waals surface area contributed by atoms with E-state index < -0.39 is 11.2 Å². The summed E-state index contributed by atoms with van der Waals surface area (Å²) in [5.41, 5.74) is -0.780. The van der Waals surface area contributed by atoms with Gasteiger partial charge in [0.1, 0.15) is 11.2 Å². The molecule has 0 bridgehead atoms. The SMILES string of the molecule is CC1(C)CC[C@]2(O)CC[C@]3(C)[C@H](CC[C@@H]4[C@@]5(C)CCC(=O)OC(C)(C)[C@@H]5CC[C@]43C)C23OC13. The zero-order valence-electron chi connectivity index (χ0n) is 22.1. The Morgan fingerprint density at radius 2 is 1.39 bits per heavy atom. The monoisotopic (exact) mass is 458 g/mol. The highest BCUT2D eigenvalue weighted by Crippen LogP contribution is 2.79. The van der Waals surface area contributed by atoms with Crippen LogP contribution in [0.1, 0.15) is 113 Å².